The van der Waals surface area contributed by atoms with E-state index in [9.17, 15) is 18.0 Å². The zero-order valence-corrected chi connectivity index (χ0v) is 20.6. The summed E-state index contributed by atoms with van der Waals surface area (Å²) in [5, 5.41) is 9.33. The van der Waals surface area contributed by atoms with Crippen molar-refractivity contribution in [3.63, 3.8) is 0 Å². The van der Waals surface area contributed by atoms with Crippen molar-refractivity contribution in [1.82, 2.24) is 19.7 Å². The van der Waals surface area contributed by atoms with Gasteiger partial charge in [0, 0.05) is 44.0 Å². The van der Waals surface area contributed by atoms with Gasteiger partial charge in [-0.15, -0.1) is 10.2 Å². The Hall–Kier alpha value is -3.01. The molecule has 1 aliphatic heterocycles. The second-order valence-corrected chi connectivity index (χ2v) is 9.58. The maximum absolute atomic E-state index is 13.0. The van der Waals surface area contributed by atoms with E-state index in [0.717, 1.165) is 34.1 Å². The van der Waals surface area contributed by atoms with Crippen molar-refractivity contribution in [3.05, 3.63) is 65.5 Å². The number of nitrogens with zero attached hydrogens (tertiary/aromatic N) is 5. The molecule has 1 fully saturated rings. The number of aryl methyl sites for hydroxylation is 2. The third-order valence-corrected chi connectivity index (χ3v) is 7.10. The number of piperazine rings is 1. The van der Waals surface area contributed by atoms with Gasteiger partial charge in [0.15, 0.2) is 5.16 Å². The van der Waals surface area contributed by atoms with Gasteiger partial charge in [0.05, 0.1) is 11.3 Å². The molecule has 0 spiro atoms. The molecule has 2 aromatic carbocycles. The van der Waals surface area contributed by atoms with E-state index in [4.69, 9.17) is 0 Å². The Bertz CT molecular complexity index is 1170. The van der Waals surface area contributed by atoms with Gasteiger partial charge in [-0.3, -0.25) is 9.36 Å². The normalized spacial score (nSPS) is 14.4. The molecule has 1 amide bonds. The van der Waals surface area contributed by atoms with Crippen LogP contribution in [0, 0.1) is 13.8 Å². The first-order valence-electron chi connectivity index (χ1n) is 11.5. The third kappa shape index (κ3) is 5.98. The van der Waals surface area contributed by atoms with Crippen LogP contribution >= 0.6 is 11.8 Å². The summed E-state index contributed by atoms with van der Waals surface area (Å²) in [6, 6.07) is 13.4. The van der Waals surface area contributed by atoms with E-state index in [-0.39, 0.29) is 5.91 Å². The van der Waals surface area contributed by atoms with Gasteiger partial charge in [-0.1, -0.05) is 36.0 Å². The Morgan fingerprint density at radius 1 is 1.00 bits per heavy atom. The van der Waals surface area contributed by atoms with Crippen LogP contribution in [-0.2, 0) is 11.0 Å². The molecule has 1 saturated heterocycles. The number of halogens is 3. The average Bonchev–Trinajstić information content (AvgIpc) is 3.21. The van der Waals surface area contributed by atoms with Crippen molar-refractivity contribution in [3.8, 4) is 5.69 Å². The van der Waals surface area contributed by atoms with Gasteiger partial charge in [0.25, 0.3) is 0 Å². The monoisotopic (exact) mass is 503 g/mol. The molecule has 10 heteroatoms. The molecule has 6 nitrogen and oxygen atoms in total. The van der Waals surface area contributed by atoms with Crippen LogP contribution in [-0.4, -0.2) is 57.5 Å². The first-order valence-corrected chi connectivity index (χ1v) is 12.5. The fourth-order valence-electron chi connectivity index (χ4n) is 4.17. The van der Waals surface area contributed by atoms with Crippen LogP contribution in [0.1, 0.15) is 29.8 Å². The molecular formula is C25H28F3N5OS. The molecule has 0 radical (unpaired) electrons. The molecule has 0 bridgehead atoms. The number of anilines is 1. The number of carbonyl (C=O) groups excluding carboxylic acids is 1. The molecular weight excluding hydrogens is 475 g/mol. The largest absolute Gasteiger partial charge is 0.416 e. The van der Waals surface area contributed by atoms with Gasteiger partial charge in [0.1, 0.15) is 5.82 Å². The molecule has 3 aromatic rings. The first kappa shape index (κ1) is 25.1. The average molecular weight is 504 g/mol. The van der Waals surface area contributed by atoms with E-state index >= 15 is 0 Å². The summed E-state index contributed by atoms with van der Waals surface area (Å²) in [6.07, 6.45) is -3.23. The molecule has 1 aromatic heterocycles. The fourth-order valence-corrected chi connectivity index (χ4v) is 5.10. The lowest BCUT2D eigenvalue weighted by Crippen LogP contribution is -2.48. The van der Waals surface area contributed by atoms with Crippen molar-refractivity contribution in [2.75, 3.05) is 36.8 Å². The number of hydrogen-bond donors (Lipinski definition) is 0. The number of hydrogen-bond acceptors (Lipinski definition) is 5. The zero-order chi connectivity index (χ0) is 25.0. The predicted molar refractivity (Wildman–Crippen MR) is 131 cm³/mol. The standard InChI is InChI=1S/C25H28F3N5OS/c1-18-7-3-4-10-22(18)33-19(2)29-30-24(33)35-16-6-11-23(34)32-14-12-31(13-15-32)21-9-5-8-20(17-21)25(26,27)28/h3-5,7-10,17H,6,11-16H2,1-2H3. The SMILES string of the molecule is Cc1ccccc1-n1c(C)nnc1SCCCC(=O)N1CCN(c2cccc(C(F)(F)F)c2)CC1. The number of thioether (sulfide) groups is 1. The summed E-state index contributed by atoms with van der Waals surface area (Å²) in [5.74, 6) is 1.63. The number of para-hydroxylation sites is 1. The van der Waals surface area contributed by atoms with Crippen LogP contribution in [0.15, 0.2) is 53.7 Å². The third-order valence-electron chi connectivity index (χ3n) is 6.09. The van der Waals surface area contributed by atoms with Crippen LogP contribution < -0.4 is 4.90 Å². The van der Waals surface area contributed by atoms with E-state index in [0.29, 0.717) is 44.7 Å². The summed E-state index contributed by atoms with van der Waals surface area (Å²) in [5.41, 5.74) is 2.07. The maximum Gasteiger partial charge on any atom is 0.416 e. The van der Waals surface area contributed by atoms with Gasteiger partial charge in [-0.05, 0) is 50.1 Å². The van der Waals surface area contributed by atoms with Crippen LogP contribution in [0.5, 0.6) is 0 Å². The Balaban J connectivity index is 1.25. The van der Waals surface area contributed by atoms with E-state index in [2.05, 4.69) is 23.2 Å². The van der Waals surface area contributed by atoms with Crippen molar-refractivity contribution in [2.45, 2.75) is 38.0 Å². The van der Waals surface area contributed by atoms with Crippen molar-refractivity contribution >= 4 is 23.4 Å². The number of benzene rings is 2. The molecule has 35 heavy (non-hydrogen) atoms. The number of alkyl halides is 3. The predicted octanol–water partition coefficient (Wildman–Crippen LogP) is 5.12. The summed E-state index contributed by atoms with van der Waals surface area (Å²) < 4.78 is 41.0. The van der Waals surface area contributed by atoms with Crippen LogP contribution in [0.25, 0.3) is 5.69 Å². The zero-order valence-electron chi connectivity index (χ0n) is 19.8. The maximum atomic E-state index is 13.0. The van der Waals surface area contributed by atoms with Gasteiger partial charge in [-0.25, -0.2) is 0 Å². The molecule has 0 aliphatic carbocycles. The van der Waals surface area contributed by atoms with E-state index in [1.165, 1.54) is 12.1 Å². The van der Waals surface area contributed by atoms with Gasteiger partial charge < -0.3 is 9.80 Å². The number of aromatic nitrogens is 3. The van der Waals surface area contributed by atoms with Gasteiger partial charge >= 0.3 is 6.18 Å². The lowest BCUT2D eigenvalue weighted by Gasteiger charge is -2.36. The van der Waals surface area contributed by atoms with Crippen molar-refractivity contribution < 1.29 is 18.0 Å². The first-order chi connectivity index (χ1) is 16.7. The Morgan fingerprint density at radius 2 is 1.74 bits per heavy atom. The highest BCUT2D eigenvalue weighted by Gasteiger charge is 2.31. The molecule has 0 N–H and O–H groups in total. The van der Waals surface area contributed by atoms with Crippen molar-refractivity contribution in [2.24, 2.45) is 0 Å². The summed E-state index contributed by atoms with van der Waals surface area (Å²) >= 11 is 1.58. The number of carbonyl (C=O) groups is 1. The molecule has 2 heterocycles. The molecule has 0 atom stereocenters. The van der Waals surface area contributed by atoms with Gasteiger partial charge in [-0.2, -0.15) is 13.2 Å². The minimum absolute atomic E-state index is 0.0749. The molecule has 4 rings (SSSR count). The Kier molecular flexibility index (Phi) is 7.69. The second-order valence-electron chi connectivity index (χ2n) is 8.52. The van der Waals surface area contributed by atoms with Gasteiger partial charge in [0.2, 0.25) is 5.91 Å². The number of rotatable bonds is 7. The fraction of sp³-hybridized carbons (Fsp3) is 0.400. The topological polar surface area (TPSA) is 54.3 Å². The highest BCUT2D eigenvalue weighted by molar-refractivity contribution is 7.99. The summed E-state index contributed by atoms with van der Waals surface area (Å²) in [4.78, 5) is 16.4. The molecule has 186 valence electrons. The highest BCUT2D eigenvalue weighted by Crippen LogP contribution is 2.32. The van der Waals surface area contributed by atoms with Crippen LogP contribution in [0.2, 0.25) is 0 Å². The Labute approximate surface area is 207 Å². The highest BCUT2D eigenvalue weighted by atomic mass is 32.2. The number of amides is 1. The van der Waals surface area contributed by atoms with E-state index in [1.807, 2.05) is 34.6 Å². The summed E-state index contributed by atoms with van der Waals surface area (Å²) in [7, 11) is 0. The van der Waals surface area contributed by atoms with Crippen molar-refractivity contribution in [1.29, 1.82) is 0 Å². The second kappa shape index (κ2) is 10.7. The Morgan fingerprint density at radius 3 is 2.46 bits per heavy atom. The molecule has 0 unspecified atom stereocenters. The minimum Gasteiger partial charge on any atom is -0.368 e. The summed E-state index contributed by atoms with van der Waals surface area (Å²) in [6.45, 7) is 6.01. The van der Waals surface area contributed by atoms with E-state index in [1.54, 1.807) is 22.7 Å². The van der Waals surface area contributed by atoms with E-state index < -0.39 is 11.7 Å². The lowest BCUT2D eigenvalue weighted by atomic mass is 10.1. The van der Waals surface area contributed by atoms with Crippen LogP contribution in [0.4, 0.5) is 18.9 Å². The lowest BCUT2D eigenvalue weighted by molar-refractivity contribution is -0.137. The smallest absolute Gasteiger partial charge is 0.368 e. The van der Waals surface area contributed by atoms with Crippen LogP contribution in [0.3, 0.4) is 0 Å². The molecule has 0 saturated carbocycles. The quantitative estimate of drug-likeness (QED) is 0.331. The molecule has 1 aliphatic rings. The minimum atomic E-state index is -4.36.